The smallest absolute Gasteiger partial charge is 0.236 e. The molecule has 1 saturated heterocycles. The minimum Gasteiger partial charge on any atom is -0.393 e. The first-order valence-electron chi connectivity index (χ1n) is 5.73. The largest absolute Gasteiger partial charge is 0.393 e. The molecule has 2 N–H and O–H groups in total. The van der Waals surface area contributed by atoms with Crippen molar-refractivity contribution >= 4 is 5.91 Å². The molecule has 0 bridgehead atoms. The van der Waals surface area contributed by atoms with Crippen molar-refractivity contribution in [3.8, 4) is 0 Å². The lowest BCUT2D eigenvalue weighted by atomic mass is 9.91. The molecule has 1 amide bonds. The molecule has 3 atom stereocenters. The SMILES string of the molecule is CCC1CN(C(C)C(=O)NC)CCC1O. The van der Waals surface area contributed by atoms with Gasteiger partial charge in [-0.05, 0) is 25.7 Å². The number of nitrogens with zero attached hydrogens (tertiary/aromatic N) is 1. The highest BCUT2D eigenvalue weighted by Gasteiger charge is 2.30. The molecule has 0 aromatic rings. The van der Waals surface area contributed by atoms with Gasteiger partial charge in [-0.15, -0.1) is 0 Å². The second kappa shape index (κ2) is 5.47. The van der Waals surface area contributed by atoms with Crippen molar-refractivity contribution in [3.63, 3.8) is 0 Å². The molecule has 1 heterocycles. The van der Waals surface area contributed by atoms with Gasteiger partial charge < -0.3 is 10.4 Å². The van der Waals surface area contributed by atoms with Crippen LogP contribution in [0, 0.1) is 5.92 Å². The number of hydrogen-bond donors (Lipinski definition) is 2. The van der Waals surface area contributed by atoms with Crippen LogP contribution in [0.1, 0.15) is 26.7 Å². The number of likely N-dealkylation sites (N-methyl/N-ethyl adjacent to an activating group) is 1. The third-order valence-electron chi connectivity index (χ3n) is 3.42. The number of aliphatic hydroxyl groups excluding tert-OH is 1. The molecule has 4 heteroatoms. The first-order valence-corrected chi connectivity index (χ1v) is 5.73. The highest BCUT2D eigenvalue weighted by atomic mass is 16.3. The summed E-state index contributed by atoms with van der Waals surface area (Å²) in [6, 6.07) is -0.0865. The first-order chi connectivity index (χ1) is 7.10. The number of nitrogens with one attached hydrogen (secondary N) is 1. The lowest BCUT2D eigenvalue weighted by molar-refractivity contribution is -0.127. The number of piperidine rings is 1. The topological polar surface area (TPSA) is 52.6 Å². The van der Waals surface area contributed by atoms with Crippen LogP contribution in [0.5, 0.6) is 0 Å². The summed E-state index contributed by atoms with van der Waals surface area (Å²) in [6.45, 7) is 5.64. The Bertz CT molecular complexity index is 221. The number of aliphatic hydroxyl groups is 1. The first kappa shape index (κ1) is 12.5. The Balaban J connectivity index is 2.54. The van der Waals surface area contributed by atoms with Gasteiger partial charge in [-0.2, -0.15) is 0 Å². The van der Waals surface area contributed by atoms with Gasteiger partial charge in [0.15, 0.2) is 0 Å². The maximum Gasteiger partial charge on any atom is 0.236 e. The predicted octanol–water partition coefficient (Wildman–Crippen LogP) is 0.214. The fraction of sp³-hybridized carbons (Fsp3) is 0.909. The van der Waals surface area contributed by atoms with E-state index < -0.39 is 0 Å². The molecular weight excluding hydrogens is 192 g/mol. The highest BCUT2D eigenvalue weighted by molar-refractivity contribution is 5.80. The molecule has 0 aromatic carbocycles. The summed E-state index contributed by atoms with van der Waals surface area (Å²) < 4.78 is 0. The van der Waals surface area contributed by atoms with E-state index in [1.807, 2.05) is 6.92 Å². The Labute approximate surface area is 91.6 Å². The van der Waals surface area contributed by atoms with Crippen LogP contribution in [0.4, 0.5) is 0 Å². The van der Waals surface area contributed by atoms with Gasteiger partial charge >= 0.3 is 0 Å². The molecule has 0 saturated carbocycles. The second-order valence-corrected chi connectivity index (χ2v) is 4.31. The van der Waals surface area contributed by atoms with E-state index in [4.69, 9.17) is 0 Å². The van der Waals surface area contributed by atoms with Crippen molar-refractivity contribution in [2.24, 2.45) is 5.92 Å². The van der Waals surface area contributed by atoms with Crippen molar-refractivity contribution in [1.82, 2.24) is 10.2 Å². The van der Waals surface area contributed by atoms with Gasteiger partial charge in [0.05, 0.1) is 12.1 Å². The molecule has 1 rings (SSSR count). The Morgan fingerprint density at radius 3 is 2.87 bits per heavy atom. The van der Waals surface area contributed by atoms with Crippen LogP contribution in [0.25, 0.3) is 0 Å². The van der Waals surface area contributed by atoms with Gasteiger partial charge in [0.25, 0.3) is 0 Å². The summed E-state index contributed by atoms with van der Waals surface area (Å²) in [7, 11) is 1.66. The fourth-order valence-electron chi connectivity index (χ4n) is 2.18. The van der Waals surface area contributed by atoms with Crippen LogP contribution >= 0.6 is 0 Å². The maximum absolute atomic E-state index is 11.5. The third-order valence-corrected chi connectivity index (χ3v) is 3.42. The van der Waals surface area contributed by atoms with Gasteiger partial charge in [-0.25, -0.2) is 0 Å². The van der Waals surface area contributed by atoms with Crippen LogP contribution in [0.3, 0.4) is 0 Å². The summed E-state index contributed by atoms with van der Waals surface area (Å²) in [5.41, 5.74) is 0. The van der Waals surface area contributed by atoms with Crippen molar-refractivity contribution in [2.45, 2.75) is 38.8 Å². The lowest BCUT2D eigenvalue weighted by Gasteiger charge is -2.38. The van der Waals surface area contributed by atoms with Gasteiger partial charge in [0.1, 0.15) is 0 Å². The zero-order chi connectivity index (χ0) is 11.4. The average Bonchev–Trinajstić information content (AvgIpc) is 2.27. The molecule has 1 fully saturated rings. The summed E-state index contributed by atoms with van der Waals surface area (Å²) >= 11 is 0. The van der Waals surface area contributed by atoms with Crippen molar-refractivity contribution < 1.29 is 9.90 Å². The molecule has 0 aliphatic carbocycles. The predicted molar refractivity (Wildman–Crippen MR) is 59.5 cm³/mol. The summed E-state index contributed by atoms with van der Waals surface area (Å²) in [5, 5.41) is 12.4. The van der Waals surface area contributed by atoms with Crippen LogP contribution in [-0.2, 0) is 4.79 Å². The average molecular weight is 214 g/mol. The molecule has 4 nitrogen and oxygen atoms in total. The molecule has 1 aliphatic heterocycles. The summed E-state index contributed by atoms with van der Waals surface area (Å²) in [5.74, 6) is 0.368. The molecule has 0 radical (unpaired) electrons. The Morgan fingerprint density at radius 1 is 1.67 bits per heavy atom. The zero-order valence-corrected chi connectivity index (χ0v) is 9.86. The van der Waals surface area contributed by atoms with Crippen molar-refractivity contribution in [1.29, 1.82) is 0 Å². The summed E-state index contributed by atoms with van der Waals surface area (Å²) in [4.78, 5) is 13.6. The molecule has 15 heavy (non-hydrogen) atoms. The monoisotopic (exact) mass is 214 g/mol. The molecule has 88 valence electrons. The molecule has 1 aliphatic rings. The molecular formula is C11H22N2O2. The Hall–Kier alpha value is -0.610. The van der Waals surface area contributed by atoms with Crippen LogP contribution in [0.2, 0.25) is 0 Å². The van der Waals surface area contributed by atoms with E-state index in [0.29, 0.717) is 5.92 Å². The number of carbonyl (C=O) groups is 1. The van der Waals surface area contributed by atoms with Crippen LogP contribution < -0.4 is 5.32 Å². The van der Waals surface area contributed by atoms with Gasteiger partial charge in [0, 0.05) is 20.1 Å². The minimum atomic E-state index is -0.192. The van der Waals surface area contributed by atoms with E-state index in [1.165, 1.54) is 0 Å². The fourth-order valence-corrected chi connectivity index (χ4v) is 2.18. The number of amides is 1. The standard InChI is InChI=1S/C11H22N2O2/c1-4-9-7-13(6-5-10(9)14)8(2)11(15)12-3/h8-10,14H,4-7H2,1-3H3,(H,12,15). The normalized spacial score (nSPS) is 29.9. The van der Waals surface area contributed by atoms with E-state index in [2.05, 4.69) is 17.1 Å². The van der Waals surface area contributed by atoms with E-state index >= 15 is 0 Å². The van der Waals surface area contributed by atoms with Crippen LogP contribution in [0.15, 0.2) is 0 Å². The van der Waals surface area contributed by atoms with Crippen molar-refractivity contribution in [3.05, 3.63) is 0 Å². The third kappa shape index (κ3) is 2.92. The maximum atomic E-state index is 11.5. The number of carbonyl (C=O) groups excluding carboxylic acids is 1. The van der Waals surface area contributed by atoms with Gasteiger partial charge in [0.2, 0.25) is 5.91 Å². The van der Waals surface area contributed by atoms with E-state index in [-0.39, 0.29) is 18.1 Å². The Morgan fingerprint density at radius 2 is 2.33 bits per heavy atom. The highest BCUT2D eigenvalue weighted by Crippen LogP contribution is 2.21. The van der Waals surface area contributed by atoms with E-state index in [9.17, 15) is 9.90 Å². The van der Waals surface area contributed by atoms with E-state index in [0.717, 1.165) is 25.9 Å². The lowest BCUT2D eigenvalue weighted by Crippen LogP contribution is -2.51. The number of rotatable bonds is 3. The molecule has 0 aromatic heterocycles. The second-order valence-electron chi connectivity index (χ2n) is 4.31. The van der Waals surface area contributed by atoms with Crippen molar-refractivity contribution in [2.75, 3.05) is 20.1 Å². The minimum absolute atomic E-state index is 0.0567. The van der Waals surface area contributed by atoms with E-state index in [1.54, 1.807) is 7.05 Å². The van der Waals surface area contributed by atoms with Gasteiger partial charge in [-0.3, -0.25) is 9.69 Å². The van der Waals surface area contributed by atoms with Crippen LogP contribution in [-0.4, -0.2) is 48.2 Å². The zero-order valence-electron chi connectivity index (χ0n) is 9.86. The number of likely N-dealkylation sites (tertiary alicyclic amines) is 1. The number of hydrogen-bond acceptors (Lipinski definition) is 3. The Kier molecular flexibility index (Phi) is 4.54. The molecule has 0 spiro atoms. The summed E-state index contributed by atoms with van der Waals surface area (Å²) in [6.07, 6.45) is 1.56. The molecule has 3 unspecified atom stereocenters. The quantitative estimate of drug-likeness (QED) is 0.706. The van der Waals surface area contributed by atoms with Gasteiger partial charge in [-0.1, -0.05) is 6.92 Å².